The van der Waals surface area contributed by atoms with Gasteiger partial charge in [0.25, 0.3) is 0 Å². The Kier molecular flexibility index (Phi) is 5.92. The first-order valence-corrected chi connectivity index (χ1v) is 9.08. The van der Waals surface area contributed by atoms with Crippen LogP contribution >= 0.6 is 0 Å². The third-order valence-electron chi connectivity index (χ3n) is 6.19. The highest BCUT2D eigenvalue weighted by molar-refractivity contribution is 4.98. The van der Waals surface area contributed by atoms with Crippen molar-refractivity contribution in [2.45, 2.75) is 90.1 Å². The summed E-state index contributed by atoms with van der Waals surface area (Å²) in [4.78, 5) is 2.70. The van der Waals surface area contributed by atoms with Gasteiger partial charge in [-0.25, -0.2) is 0 Å². The van der Waals surface area contributed by atoms with Gasteiger partial charge in [-0.05, 0) is 58.0 Å². The average molecular weight is 280 g/mol. The van der Waals surface area contributed by atoms with Crippen LogP contribution < -0.4 is 5.73 Å². The lowest BCUT2D eigenvalue weighted by molar-refractivity contribution is 0.0467. The molecule has 2 heteroatoms. The number of nitrogens with two attached hydrogens (primary N) is 1. The van der Waals surface area contributed by atoms with Crippen molar-refractivity contribution in [1.82, 2.24) is 4.90 Å². The quantitative estimate of drug-likeness (QED) is 0.837. The van der Waals surface area contributed by atoms with Crippen LogP contribution in [0.25, 0.3) is 0 Å². The van der Waals surface area contributed by atoms with E-state index >= 15 is 0 Å². The van der Waals surface area contributed by atoms with Crippen LogP contribution in [0.4, 0.5) is 0 Å². The van der Waals surface area contributed by atoms with Crippen LogP contribution in [-0.2, 0) is 0 Å². The van der Waals surface area contributed by atoms with Gasteiger partial charge in [0.15, 0.2) is 0 Å². The van der Waals surface area contributed by atoms with Gasteiger partial charge in [0.2, 0.25) is 0 Å². The topological polar surface area (TPSA) is 29.3 Å². The summed E-state index contributed by atoms with van der Waals surface area (Å²) >= 11 is 0. The Morgan fingerprint density at radius 2 is 1.60 bits per heavy atom. The van der Waals surface area contributed by atoms with E-state index in [2.05, 4.69) is 25.7 Å². The van der Waals surface area contributed by atoms with E-state index in [0.717, 1.165) is 11.8 Å². The molecule has 1 heterocycles. The van der Waals surface area contributed by atoms with Crippen LogP contribution in [0, 0.1) is 11.8 Å². The summed E-state index contributed by atoms with van der Waals surface area (Å²) in [7, 11) is 0. The van der Waals surface area contributed by atoms with Crippen molar-refractivity contribution >= 4 is 0 Å². The Labute approximate surface area is 126 Å². The van der Waals surface area contributed by atoms with E-state index < -0.39 is 0 Å². The molecule has 1 aliphatic carbocycles. The fraction of sp³-hybridized carbons (Fsp3) is 1.00. The zero-order valence-corrected chi connectivity index (χ0v) is 14.0. The number of likely N-dealkylation sites (tertiary alicyclic amines) is 1. The Bertz CT molecular complexity index is 279. The van der Waals surface area contributed by atoms with Gasteiger partial charge in [-0.3, -0.25) is 4.90 Å². The van der Waals surface area contributed by atoms with Gasteiger partial charge >= 0.3 is 0 Å². The lowest BCUT2D eigenvalue weighted by Gasteiger charge is -2.48. The summed E-state index contributed by atoms with van der Waals surface area (Å²) in [5.41, 5.74) is 7.00. The molecule has 0 aromatic carbocycles. The third-order valence-corrected chi connectivity index (χ3v) is 6.19. The van der Waals surface area contributed by atoms with Crippen molar-refractivity contribution in [3.05, 3.63) is 0 Å². The van der Waals surface area contributed by atoms with E-state index in [1.807, 2.05) is 0 Å². The lowest BCUT2D eigenvalue weighted by Crippen LogP contribution is -2.60. The maximum atomic E-state index is 6.83. The maximum absolute atomic E-state index is 6.83. The molecule has 2 rings (SSSR count). The van der Waals surface area contributed by atoms with Crippen molar-refractivity contribution in [3.63, 3.8) is 0 Å². The van der Waals surface area contributed by atoms with E-state index in [1.54, 1.807) is 0 Å². The molecule has 3 unspecified atom stereocenters. The van der Waals surface area contributed by atoms with Crippen molar-refractivity contribution in [3.8, 4) is 0 Å². The molecule has 0 radical (unpaired) electrons. The molecule has 20 heavy (non-hydrogen) atoms. The predicted molar refractivity (Wildman–Crippen MR) is 87.8 cm³/mol. The van der Waals surface area contributed by atoms with Gasteiger partial charge in [0.05, 0.1) is 0 Å². The molecule has 2 N–H and O–H groups in total. The molecule has 1 saturated heterocycles. The van der Waals surface area contributed by atoms with Gasteiger partial charge in [0.1, 0.15) is 0 Å². The van der Waals surface area contributed by atoms with E-state index in [9.17, 15) is 0 Å². The Balaban J connectivity index is 2.05. The van der Waals surface area contributed by atoms with Crippen molar-refractivity contribution < 1.29 is 0 Å². The first-order chi connectivity index (χ1) is 9.57. The molecule has 2 nitrogen and oxygen atoms in total. The number of hydrogen-bond acceptors (Lipinski definition) is 2. The van der Waals surface area contributed by atoms with Gasteiger partial charge < -0.3 is 5.73 Å². The molecular weight excluding hydrogens is 244 g/mol. The minimum atomic E-state index is 0.166. The van der Waals surface area contributed by atoms with Gasteiger partial charge in [-0.15, -0.1) is 0 Å². The first-order valence-electron chi connectivity index (χ1n) is 9.08. The molecule has 118 valence electrons. The Morgan fingerprint density at radius 1 is 1.00 bits per heavy atom. The number of nitrogens with zero attached hydrogens (tertiary/aromatic N) is 1. The molecule has 2 aliphatic rings. The molecule has 3 atom stereocenters. The number of rotatable bonds is 4. The van der Waals surface area contributed by atoms with Crippen LogP contribution in [0.3, 0.4) is 0 Å². The van der Waals surface area contributed by atoms with Crippen LogP contribution in [0.5, 0.6) is 0 Å². The molecule has 0 spiro atoms. The van der Waals surface area contributed by atoms with Crippen molar-refractivity contribution in [1.29, 1.82) is 0 Å². The van der Waals surface area contributed by atoms with Crippen LogP contribution in [0.2, 0.25) is 0 Å². The zero-order chi connectivity index (χ0) is 14.6. The lowest BCUT2D eigenvalue weighted by atomic mass is 9.69. The summed E-state index contributed by atoms with van der Waals surface area (Å²) in [5.74, 6) is 1.61. The fourth-order valence-electron chi connectivity index (χ4n) is 4.60. The van der Waals surface area contributed by atoms with E-state index in [-0.39, 0.29) is 5.54 Å². The second-order valence-corrected chi connectivity index (χ2v) is 7.70. The third kappa shape index (κ3) is 3.57. The van der Waals surface area contributed by atoms with E-state index in [1.165, 1.54) is 70.9 Å². The molecule has 0 bridgehead atoms. The van der Waals surface area contributed by atoms with Crippen molar-refractivity contribution in [2.24, 2.45) is 17.6 Å². The minimum absolute atomic E-state index is 0.166. The second-order valence-electron chi connectivity index (χ2n) is 7.70. The monoisotopic (exact) mass is 280 g/mol. The van der Waals surface area contributed by atoms with Crippen LogP contribution in [0.1, 0.15) is 78.6 Å². The highest BCUT2D eigenvalue weighted by Crippen LogP contribution is 2.38. The van der Waals surface area contributed by atoms with Crippen molar-refractivity contribution in [2.75, 3.05) is 13.1 Å². The normalized spacial score (nSPS) is 31.8. The maximum Gasteiger partial charge on any atom is 0.0306 e. The molecule has 1 saturated carbocycles. The molecule has 0 amide bonds. The van der Waals surface area contributed by atoms with E-state index in [4.69, 9.17) is 5.73 Å². The zero-order valence-electron chi connectivity index (χ0n) is 14.0. The average Bonchev–Trinajstić information content (AvgIpc) is 2.76. The largest absolute Gasteiger partial charge is 0.326 e. The SMILES string of the molecule is CCC1CCCCC1C(N)C(C)(C)N1CCCCCC1. The van der Waals surface area contributed by atoms with Gasteiger partial charge in [0, 0.05) is 11.6 Å². The summed E-state index contributed by atoms with van der Waals surface area (Å²) in [6.45, 7) is 9.68. The molecule has 0 aromatic heterocycles. The summed E-state index contributed by atoms with van der Waals surface area (Å²) in [5, 5.41) is 0. The predicted octanol–water partition coefficient (Wildman–Crippen LogP) is 4.18. The summed E-state index contributed by atoms with van der Waals surface area (Å²) in [6.07, 6.45) is 12.4. The van der Waals surface area contributed by atoms with E-state index in [0.29, 0.717) is 6.04 Å². The standard InChI is InChI=1S/C18H36N2/c1-4-15-11-7-8-12-16(15)17(19)18(2,3)20-13-9-5-6-10-14-20/h15-17H,4-14,19H2,1-3H3. The summed E-state index contributed by atoms with van der Waals surface area (Å²) < 4.78 is 0. The first kappa shape index (κ1) is 16.3. The van der Waals surface area contributed by atoms with Crippen LogP contribution in [-0.4, -0.2) is 29.6 Å². The molecule has 1 aliphatic heterocycles. The number of hydrogen-bond donors (Lipinski definition) is 1. The highest BCUT2D eigenvalue weighted by Gasteiger charge is 2.40. The molecular formula is C18H36N2. The smallest absolute Gasteiger partial charge is 0.0306 e. The highest BCUT2D eigenvalue weighted by atomic mass is 15.2. The van der Waals surface area contributed by atoms with Gasteiger partial charge in [-0.2, -0.15) is 0 Å². The second kappa shape index (κ2) is 7.26. The minimum Gasteiger partial charge on any atom is -0.326 e. The van der Waals surface area contributed by atoms with Gasteiger partial charge in [-0.1, -0.05) is 45.4 Å². The summed E-state index contributed by atoms with van der Waals surface area (Å²) in [6, 6.07) is 0.339. The fourth-order valence-corrected chi connectivity index (χ4v) is 4.60. The van der Waals surface area contributed by atoms with Crippen LogP contribution in [0.15, 0.2) is 0 Å². The Hall–Kier alpha value is -0.0800. The Morgan fingerprint density at radius 3 is 2.20 bits per heavy atom. The molecule has 2 fully saturated rings. The molecule has 0 aromatic rings.